The maximum atomic E-state index is 11.7. The summed E-state index contributed by atoms with van der Waals surface area (Å²) in [6, 6.07) is -2.02. The van der Waals surface area contributed by atoms with Crippen LogP contribution in [-0.2, 0) is 24.2 Å². The SMILES string of the molecule is CS(=O)(=O)CCC(NC(=O)[C@H]1CCC(=O)N1)C(=O)O. The van der Waals surface area contributed by atoms with Crippen LogP contribution in [0.2, 0.25) is 0 Å². The van der Waals surface area contributed by atoms with Gasteiger partial charge in [0.2, 0.25) is 11.8 Å². The van der Waals surface area contributed by atoms with Crippen molar-refractivity contribution < 1.29 is 27.9 Å². The molecule has 1 unspecified atom stereocenters. The first-order valence-electron chi connectivity index (χ1n) is 5.69. The average molecular weight is 292 g/mol. The Morgan fingerprint density at radius 3 is 2.58 bits per heavy atom. The minimum absolute atomic E-state index is 0.208. The first-order valence-corrected chi connectivity index (χ1v) is 7.75. The number of carbonyl (C=O) groups is 3. The number of carboxylic acid groups (broad SMARTS) is 1. The summed E-state index contributed by atoms with van der Waals surface area (Å²) in [6.07, 6.45) is 1.31. The Bertz CT molecular complexity index is 486. The molecule has 8 nitrogen and oxygen atoms in total. The summed E-state index contributed by atoms with van der Waals surface area (Å²) in [7, 11) is -3.30. The molecular weight excluding hydrogens is 276 g/mol. The van der Waals surface area contributed by atoms with Crippen LogP contribution in [0.5, 0.6) is 0 Å². The van der Waals surface area contributed by atoms with E-state index in [1.165, 1.54) is 0 Å². The molecule has 108 valence electrons. The molecule has 2 amide bonds. The zero-order valence-electron chi connectivity index (χ0n) is 10.4. The Kier molecular flexibility index (Phi) is 4.87. The molecule has 19 heavy (non-hydrogen) atoms. The van der Waals surface area contributed by atoms with E-state index in [1.54, 1.807) is 0 Å². The lowest BCUT2D eigenvalue weighted by Crippen LogP contribution is -2.49. The van der Waals surface area contributed by atoms with Crippen molar-refractivity contribution >= 4 is 27.6 Å². The summed E-state index contributed by atoms with van der Waals surface area (Å²) in [6.45, 7) is 0. The third kappa shape index (κ3) is 5.25. The van der Waals surface area contributed by atoms with Crippen LogP contribution < -0.4 is 10.6 Å². The number of hydrogen-bond acceptors (Lipinski definition) is 5. The summed E-state index contributed by atoms with van der Waals surface area (Å²) < 4.78 is 22.0. The molecule has 0 aliphatic carbocycles. The van der Waals surface area contributed by atoms with E-state index in [-0.39, 0.29) is 24.5 Å². The molecule has 9 heteroatoms. The van der Waals surface area contributed by atoms with E-state index < -0.39 is 33.8 Å². The Morgan fingerprint density at radius 1 is 1.53 bits per heavy atom. The van der Waals surface area contributed by atoms with Gasteiger partial charge < -0.3 is 15.7 Å². The van der Waals surface area contributed by atoms with Gasteiger partial charge >= 0.3 is 5.97 Å². The van der Waals surface area contributed by atoms with E-state index in [0.717, 1.165) is 6.26 Å². The van der Waals surface area contributed by atoms with Crippen molar-refractivity contribution in [2.75, 3.05) is 12.0 Å². The van der Waals surface area contributed by atoms with Crippen LogP contribution in [0.15, 0.2) is 0 Å². The molecule has 0 aromatic heterocycles. The lowest BCUT2D eigenvalue weighted by molar-refractivity contribution is -0.142. The number of nitrogens with one attached hydrogen (secondary N) is 2. The van der Waals surface area contributed by atoms with Gasteiger partial charge in [-0.1, -0.05) is 0 Å². The first kappa shape index (κ1) is 15.4. The molecule has 0 aromatic carbocycles. The minimum atomic E-state index is -3.30. The highest BCUT2D eigenvalue weighted by Crippen LogP contribution is 2.07. The van der Waals surface area contributed by atoms with Gasteiger partial charge in [-0.3, -0.25) is 9.59 Å². The number of hydrogen-bond donors (Lipinski definition) is 3. The molecule has 1 rings (SSSR count). The van der Waals surface area contributed by atoms with Crippen molar-refractivity contribution in [1.29, 1.82) is 0 Å². The molecule has 1 saturated heterocycles. The Labute approximate surface area is 110 Å². The first-order chi connectivity index (χ1) is 8.69. The van der Waals surface area contributed by atoms with E-state index in [0.29, 0.717) is 6.42 Å². The lowest BCUT2D eigenvalue weighted by Gasteiger charge is -2.17. The van der Waals surface area contributed by atoms with Gasteiger partial charge in [0.1, 0.15) is 21.9 Å². The van der Waals surface area contributed by atoms with Crippen molar-refractivity contribution in [3.8, 4) is 0 Å². The van der Waals surface area contributed by atoms with Gasteiger partial charge in [-0.15, -0.1) is 0 Å². The van der Waals surface area contributed by atoms with Crippen LogP contribution in [0.1, 0.15) is 19.3 Å². The quantitative estimate of drug-likeness (QED) is 0.533. The maximum absolute atomic E-state index is 11.7. The molecule has 1 aliphatic heterocycles. The van der Waals surface area contributed by atoms with Gasteiger partial charge in [-0.25, -0.2) is 13.2 Å². The fourth-order valence-electron chi connectivity index (χ4n) is 1.67. The monoisotopic (exact) mass is 292 g/mol. The van der Waals surface area contributed by atoms with Gasteiger partial charge in [0, 0.05) is 12.7 Å². The van der Waals surface area contributed by atoms with Gasteiger partial charge in [-0.05, 0) is 12.8 Å². The molecule has 1 heterocycles. The van der Waals surface area contributed by atoms with Crippen LogP contribution >= 0.6 is 0 Å². The van der Waals surface area contributed by atoms with E-state index in [1.807, 2.05) is 0 Å². The second kappa shape index (κ2) is 6.00. The average Bonchev–Trinajstić information content (AvgIpc) is 2.69. The van der Waals surface area contributed by atoms with E-state index in [2.05, 4.69) is 10.6 Å². The van der Waals surface area contributed by atoms with Gasteiger partial charge in [0.15, 0.2) is 0 Å². The van der Waals surface area contributed by atoms with Gasteiger partial charge in [0.05, 0.1) is 5.75 Å². The second-order valence-electron chi connectivity index (χ2n) is 4.48. The van der Waals surface area contributed by atoms with Crippen molar-refractivity contribution in [1.82, 2.24) is 10.6 Å². The van der Waals surface area contributed by atoms with Crippen LogP contribution in [0.25, 0.3) is 0 Å². The predicted molar refractivity (Wildman–Crippen MR) is 65.1 cm³/mol. The molecule has 2 atom stereocenters. The predicted octanol–water partition coefficient (Wildman–Crippen LogP) is -1.73. The number of carbonyl (C=O) groups excluding carboxylic acids is 2. The number of aliphatic carboxylic acids is 1. The largest absolute Gasteiger partial charge is 0.480 e. The van der Waals surface area contributed by atoms with Crippen LogP contribution in [-0.4, -0.2) is 55.4 Å². The lowest BCUT2D eigenvalue weighted by atomic mass is 10.1. The van der Waals surface area contributed by atoms with Crippen molar-refractivity contribution in [3.63, 3.8) is 0 Å². The molecule has 0 saturated carbocycles. The van der Waals surface area contributed by atoms with E-state index >= 15 is 0 Å². The van der Waals surface area contributed by atoms with Crippen molar-refractivity contribution in [3.05, 3.63) is 0 Å². The number of sulfone groups is 1. The summed E-state index contributed by atoms with van der Waals surface area (Å²) in [5, 5.41) is 13.6. The molecule has 1 aliphatic rings. The molecular formula is C10H16N2O6S. The zero-order valence-corrected chi connectivity index (χ0v) is 11.2. The van der Waals surface area contributed by atoms with E-state index in [9.17, 15) is 22.8 Å². The summed E-state index contributed by atoms with van der Waals surface area (Å²) in [4.78, 5) is 33.6. The summed E-state index contributed by atoms with van der Waals surface area (Å²) in [5.41, 5.74) is 0. The molecule has 1 fully saturated rings. The number of amides is 2. The van der Waals surface area contributed by atoms with Crippen LogP contribution in [0.4, 0.5) is 0 Å². The Balaban J connectivity index is 2.56. The van der Waals surface area contributed by atoms with Crippen molar-refractivity contribution in [2.45, 2.75) is 31.3 Å². The standard InChI is InChI=1S/C10H16N2O6S/c1-19(17,18)5-4-7(10(15)16)12-9(14)6-2-3-8(13)11-6/h6-7H,2-5H2,1H3,(H,11,13)(H,12,14)(H,15,16)/t6-,7?/m1/s1. The summed E-state index contributed by atoms with van der Waals surface area (Å²) in [5.74, 6) is -2.50. The number of carboxylic acids is 1. The molecule has 0 spiro atoms. The highest BCUT2D eigenvalue weighted by atomic mass is 32.2. The fraction of sp³-hybridized carbons (Fsp3) is 0.700. The smallest absolute Gasteiger partial charge is 0.326 e. The van der Waals surface area contributed by atoms with Crippen LogP contribution in [0, 0.1) is 0 Å². The maximum Gasteiger partial charge on any atom is 0.326 e. The zero-order chi connectivity index (χ0) is 14.6. The highest BCUT2D eigenvalue weighted by molar-refractivity contribution is 7.90. The minimum Gasteiger partial charge on any atom is -0.480 e. The topological polar surface area (TPSA) is 130 Å². The van der Waals surface area contributed by atoms with Gasteiger partial charge in [-0.2, -0.15) is 0 Å². The van der Waals surface area contributed by atoms with E-state index in [4.69, 9.17) is 5.11 Å². The normalized spacial score (nSPS) is 20.7. The Morgan fingerprint density at radius 2 is 2.16 bits per heavy atom. The third-order valence-electron chi connectivity index (χ3n) is 2.70. The van der Waals surface area contributed by atoms with Gasteiger partial charge in [0.25, 0.3) is 0 Å². The van der Waals surface area contributed by atoms with Crippen LogP contribution in [0.3, 0.4) is 0 Å². The van der Waals surface area contributed by atoms with Crippen molar-refractivity contribution in [2.24, 2.45) is 0 Å². The third-order valence-corrected chi connectivity index (χ3v) is 3.68. The molecule has 0 radical (unpaired) electrons. The fourth-order valence-corrected chi connectivity index (χ4v) is 2.34. The molecule has 0 bridgehead atoms. The highest BCUT2D eigenvalue weighted by Gasteiger charge is 2.30. The number of rotatable bonds is 6. The second-order valence-corrected chi connectivity index (χ2v) is 6.74. The summed E-state index contributed by atoms with van der Waals surface area (Å²) >= 11 is 0. The Hall–Kier alpha value is -1.64. The molecule has 3 N–H and O–H groups in total. The molecule has 0 aromatic rings.